The van der Waals surface area contributed by atoms with E-state index in [9.17, 15) is 0 Å². The van der Waals surface area contributed by atoms with E-state index in [4.69, 9.17) is 10.2 Å². The van der Waals surface area contributed by atoms with E-state index in [-0.39, 0.29) is 17.4 Å². The molecule has 0 aliphatic heterocycles. The fraction of sp³-hybridized carbons (Fsp3) is 0.278. The summed E-state index contributed by atoms with van der Waals surface area (Å²) >= 11 is 0. The van der Waals surface area contributed by atoms with Gasteiger partial charge in [0.1, 0.15) is 11.5 Å². The van der Waals surface area contributed by atoms with Crippen molar-refractivity contribution in [2.45, 2.75) is 67.2 Å². The van der Waals surface area contributed by atoms with Crippen LogP contribution in [0.4, 0.5) is 0 Å². The second kappa shape index (κ2) is 18.1. The third-order valence-electron chi connectivity index (χ3n) is 6.55. The molecular weight excluding hydrogens is 516 g/mol. The summed E-state index contributed by atoms with van der Waals surface area (Å²) in [5, 5.41) is 17.9. The summed E-state index contributed by atoms with van der Waals surface area (Å²) in [6.45, 7) is 24.7. The molecule has 0 aliphatic rings. The zero-order valence-corrected chi connectivity index (χ0v) is 26.2. The molecule has 0 radical (unpaired) electrons. The van der Waals surface area contributed by atoms with Crippen LogP contribution in [-0.4, -0.2) is 10.2 Å². The van der Waals surface area contributed by atoms with Crippen LogP contribution in [0.1, 0.15) is 84.0 Å². The maximum absolute atomic E-state index is 8.94. The predicted molar refractivity (Wildman–Crippen MR) is 165 cm³/mol. The summed E-state index contributed by atoms with van der Waals surface area (Å²) < 4.78 is 0. The largest absolute Gasteiger partial charge is 2.00 e. The summed E-state index contributed by atoms with van der Waals surface area (Å²) in [7, 11) is 0. The topological polar surface area (TPSA) is 40.5 Å². The normalized spacial score (nSPS) is 9.69. The predicted octanol–water partition coefficient (Wildman–Crippen LogP) is 10.00. The minimum Gasteiger partial charge on any atom is -0.508 e. The van der Waals surface area contributed by atoms with Crippen molar-refractivity contribution >= 4 is 0 Å². The summed E-state index contributed by atoms with van der Waals surface area (Å²) in [6, 6.07) is 27.0. The Hall–Kier alpha value is -3.25. The van der Waals surface area contributed by atoms with E-state index in [0.29, 0.717) is 23.3 Å². The number of hydrogen-bond acceptors (Lipinski definition) is 2. The molecule has 0 heterocycles. The van der Waals surface area contributed by atoms with Crippen LogP contribution >= 0.6 is 0 Å². The minimum absolute atomic E-state index is 0. The molecule has 39 heavy (non-hydrogen) atoms. The average Bonchev–Trinajstić information content (AvgIpc) is 2.87. The van der Waals surface area contributed by atoms with E-state index in [1.54, 1.807) is 24.3 Å². The molecule has 0 aromatic heterocycles. The fourth-order valence-electron chi connectivity index (χ4n) is 3.34. The molecule has 4 aromatic carbocycles. The van der Waals surface area contributed by atoms with Gasteiger partial charge >= 0.3 is 17.4 Å². The number of aryl methyl sites for hydroxylation is 2. The van der Waals surface area contributed by atoms with Crippen molar-refractivity contribution < 1.29 is 27.6 Å². The van der Waals surface area contributed by atoms with Gasteiger partial charge < -0.3 is 10.2 Å². The first-order chi connectivity index (χ1) is 17.8. The number of hydrogen-bond donors (Lipinski definition) is 2. The van der Waals surface area contributed by atoms with Crippen LogP contribution in [0, 0.1) is 41.5 Å². The van der Waals surface area contributed by atoms with Gasteiger partial charge in [-0.2, -0.15) is 37.1 Å². The Morgan fingerprint density at radius 3 is 0.974 bits per heavy atom. The summed E-state index contributed by atoms with van der Waals surface area (Å²) in [4.78, 5) is 0. The van der Waals surface area contributed by atoms with E-state index in [1.165, 1.54) is 33.4 Å². The Morgan fingerprint density at radius 2 is 0.769 bits per heavy atom. The van der Waals surface area contributed by atoms with Gasteiger partial charge in [-0.3, -0.25) is 0 Å². The number of phenolic OH excluding ortho intramolecular Hbond substituents is 2. The van der Waals surface area contributed by atoms with Crippen molar-refractivity contribution in [2.24, 2.45) is 0 Å². The maximum atomic E-state index is 8.94. The van der Waals surface area contributed by atoms with Gasteiger partial charge in [0.2, 0.25) is 0 Å². The number of benzene rings is 4. The van der Waals surface area contributed by atoms with E-state index in [1.807, 2.05) is 48.5 Å². The summed E-state index contributed by atoms with van der Waals surface area (Å²) in [5.74, 6) is 1.76. The number of rotatable bonds is 2. The Bertz CT molecular complexity index is 1080. The maximum Gasteiger partial charge on any atom is 2.00 e. The summed E-state index contributed by atoms with van der Waals surface area (Å²) in [6.07, 6.45) is 0. The Balaban J connectivity index is 0.000000490. The van der Waals surface area contributed by atoms with Crippen LogP contribution in [0.5, 0.6) is 11.5 Å². The van der Waals surface area contributed by atoms with E-state index >= 15 is 0 Å². The molecule has 0 saturated carbocycles. The molecule has 0 aliphatic carbocycles. The Kier molecular flexibility index (Phi) is 16.6. The van der Waals surface area contributed by atoms with Gasteiger partial charge in [0.15, 0.2) is 0 Å². The molecule has 4 rings (SSSR count). The standard InChI is InChI=1S/2C9H12O.2C9H11.Cr/c2*1-7(2)8-3-5-9(10)6-4-8;2*1-7-5-4-6-8(2)9(7)3;/h2*3-7,10H,1-2H3;2*4-6H,1H2,2-3H3;/q;;2*-1;+2. The van der Waals surface area contributed by atoms with Crippen LogP contribution in [0.3, 0.4) is 0 Å². The van der Waals surface area contributed by atoms with Crippen molar-refractivity contribution in [1.82, 2.24) is 0 Å². The average molecular weight is 563 g/mol. The first-order valence-corrected chi connectivity index (χ1v) is 13.2. The fourth-order valence-corrected chi connectivity index (χ4v) is 3.34. The van der Waals surface area contributed by atoms with Gasteiger partial charge in [-0.1, -0.05) is 91.8 Å². The van der Waals surface area contributed by atoms with E-state index in [0.717, 1.165) is 11.1 Å². The van der Waals surface area contributed by atoms with Gasteiger partial charge in [0.25, 0.3) is 0 Å². The smallest absolute Gasteiger partial charge is 0.508 e. The SMILES string of the molecule is CC(C)c1ccc(O)cc1.CC(C)c1ccc(O)cc1.[CH2-]c1cccc(C)c1C.[CH2-]c1cccc(C)c1C.[Cr+2]. The third-order valence-corrected chi connectivity index (χ3v) is 6.55. The van der Waals surface area contributed by atoms with Gasteiger partial charge in [-0.05, 0) is 47.2 Å². The number of phenols is 2. The van der Waals surface area contributed by atoms with Crippen molar-refractivity contribution in [3.05, 3.63) is 143 Å². The van der Waals surface area contributed by atoms with Gasteiger partial charge in [0.05, 0.1) is 0 Å². The first kappa shape index (κ1) is 35.8. The molecule has 0 atom stereocenters. The molecule has 3 heteroatoms. The third kappa shape index (κ3) is 13.4. The zero-order chi connectivity index (χ0) is 28.8. The Morgan fingerprint density at radius 1 is 0.487 bits per heavy atom. The summed E-state index contributed by atoms with van der Waals surface area (Å²) in [5.41, 5.74) is 10.0. The molecule has 4 aromatic rings. The first-order valence-electron chi connectivity index (χ1n) is 13.2. The molecule has 0 bridgehead atoms. The van der Waals surface area contributed by atoms with Crippen molar-refractivity contribution in [3.63, 3.8) is 0 Å². The van der Waals surface area contributed by atoms with Crippen molar-refractivity contribution in [3.8, 4) is 11.5 Å². The zero-order valence-electron chi connectivity index (χ0n) is 25.0. The van der Waals surface area contributed by atoms with Crippen LogP contribution in [0.15, 0.2) is 84.9 Å². The molecular formula is C36H46CrO2. The molecule has 2 N–H and O–H groups in total. The second-order valence-electron chi connectivity index (χ2n) is 10.2. The van der Waals surface area contributed by atoms with Gasteiger partial charge in [-0.15, -0.1) is 34.4 Å². The molecule has 208 valence electrons. The second-order valence-corrected chi connectivity index (χ2v) is 10.2. The van der Waals surface area contributed by atoms with Crippen LogP contribution in [0.2, 0.25) is 0 Å². The monoisotopic (exact) mass is 562 g/mol. The van der Waals surface area contributed by atoms with Crippen LogP contribution in [0.25, 0.3) is 0 Å². The van der Waals surface area contributed by atoms with E-state index < -0.39 is 0 Å². The van der Waals surface area contributed by atoms with Gasteiger partial charge in [0, 0.05) is 0 Å². The molecule has 0 saturated heterocycles. The molecule has 2 nitrogen and oxygen atoms in total. The van der Waals surface area contributed by atoms with Crippen LogP contribution < -0.4 is 0 Å². The molecule has 0 unspecified atom stereocenters. The molecule has 0 spiro atoms. The molecule has 0 amide bonds. The van der Waals surface area contributed by atoms with Gasteiger partial charge in [-0.25, -0.2) is 0 Å². The minimum atomic E-state index is 0. The van der Waals surface area contributed by atoms with E-state index in [2.05, 4.69) is 81.4 Å². The molecule has 0 fully saturated rings. The van der Waals surface area contributed by atoms with Crippen LogP contribution in [-0.2, 0) is 17.4 Å². The quantitative estimate of drug-likeness (QED) is 0.239. The van der Waals surface area contributed by atoms with Crippen molar-refractivity contribution in [1.29, 1.82) is 0 Å². The Labute approximate surface area is 248 Å². The number of aromatic hydroxyl groups is 2. The van der Waals surface area contributed by atoms with Crippen molar-refractivity contribution in [2.75, 3.05) is 0 Å².